The van der Waals surface area contributed by atoms with Gasteiger partial charge in [-0.1, -0.05) is 17.7 Å². The van der Waals surface area contributed by atoms with Crippen LogP contribution in [0.2, 0.25) is 5.02 Å². The molecule has 0 aliphatic heterocycles. The molecular weight excluding hydrogens is 493 g/mol. The third-order valence-electron chi connectivity index (χ3n) is 4.86. The highest BCUT2D eigenvalue weighted by Gasteiger charge is 2.42. The van der Waals surface area contributed by atoms with Crippen LogP contribution in [0.25, 0.3) is 5.31 Å². The Morgan fingerprint density at radius 2 is 1.48 bits per heavy atom. The van der Waals surface area contributed by atoms with Gasteiger partial charge in [0.2, 0.25) is 0 Å². The molecule has 11 heteroatoms. The van der Waals surface area contributed by atoms with Gasteiger partial charge in [-0.2, -0.15) is 26.3 Å². The Morgan fingerprint density at radius 3 is 1.91 bits per heavy atom. The summed E-state index contributed by atoms with van der Waals surface area (Å²) in [6.45, 7) is 5.06. The number of benzene rings is 2. The molecule has 0 aliphatic carbocycles. The van der Waals surface area contributed by atoms with Crippen molar-refractivity contribution in [3.63, 3.8) is 0 Å². The van der Waals surface area contributed by atoms with E-state index in [1.54, 1.807) is 6.92 Å². The van der Waals surface area contributed by atoms with Crippen LogP contribution in [0.3, 0.4) is 0 Å². The molecule has 0 bridgehead atoms. The summed E-state index contributed by atoms with van der Waals surface area (Å²) < 4.78 is 100. The Balaban J connectivity index is 3.05. The second-order valence-corrected chi connectivity index (χ2v) is 9.98. The standard InChI is InChI=1S/C22H20ClF6O3P/c1-5-32-33(31,18-9-15(21(24,25)26)8-16(10-18)22(27,28)29)20(13(3)14(4)30)19-11-17(23)7-6-12(19)2/h6-11H,5H2,1-4H3/b20-13-. The van der Waals surface area contributed by atoms with E-state index in [9.17, 15) is 35.7 Å². The highest BCUT2D eigenvalue weighted by atomic mass is 35.5. The van der Waals surface area contributed by atoms with Crippen molar-refractivity contribution in [3.8, 4) is 0 Å². The highest BCUT2D eigenvalue weighted by Crippen LogP contribution is 2.61. The van der Waals surface area contributed by atoms with Crippen molar-refractivity contribution >= 4 is 35.4 Å². The molecule has 1 unspecified atom stereocenters. The number of halogens is 7. The molecule has 0 aliphatic rings. The van der Waals surface area contributed by atoms with Crippen LogP contribution in [0.1, 0.15) is 43.0 Å². The van der Waals surface area contributed by atoms with Gasteiger partial charge in [-0.25, -0.2) is 0 Å². The summed E-state index contributed by atoms with van der Waals surface area (Å²) in [4.78, 5) is 12.3. The lowest BCUT2D eigenvalue weighted by Gasteiger charge is -2.26. The van der Waals surface area contributed by atoms with Crippen molar-refractivity contribution in [2.45, 2.75) is 40.0 Å². The van der Waals surface area contributed by atoms with Crippen molar-refractivity contribution in [1.29, 1.82) is 0 Å². The summed E-state index contributed by atoms with van der Waals surface area (Å²) in [5, 5.41) is -0.974. The van der Waals surface area contributed by atoms with Gasteiger partial charge in [0.1, 0.15) is 0 Å². The van der Waals surface area contributed by atoms with Gasteiger partial charge in [0.25, 0.3) is 7.37 Å². The maximum atomic E-state index is 14.3. The number of carbonyl (C=O) groups is 1. The zero-order chi connectivity index (χ0) is 25.4. The number of hydrogen-bond acceptors (Lipinski definition) is 3. The SMILES string of the molecule is CCOP(=O)(/C(=C(/C)C(C)=O)c1cc(Cl)ccc1C)c1cc(C(F)(F)F)cc(C(F)(F)F)c1. The van der Waals surface area contributed by atoms with Crippen molar-refractivity contribution in [3.05, 3.63) is 69.2 Å². The van der Waals surface area contributed by atoms with E-state index >= 15 is 0 Å². The molecule has 180 valence electrons. The third kappa shape index (κ3) is 5.89. The van der Waals surface area contributed by atoms with Gasteiger partial charge in [0, 0.05) is 15.9 Å². The molecule has 0 heterocycles. The normalized spacial score (nSPS) is 15.1. The van der Waals surface area contributed by atoms with E-state index in [-0.39, 0.29) is 34.1 Å². The zero-order valence-corrected chi connectivity index (χ0v) is 19.6. The number of allylic oxidation sites excluding steroid dienone is 1. The molecule has 2 aromatic carbocycles. The topological polar surface area (TPSA) is 43.4 Å². The van der Waals surface area contributed by atoms with E-state index in [2.05, 4.69) is 0 Å². The van der Waals surface area contributed by atoms with Crippen LogP contribution < -0.4 is 5.30 Å². The first-order valence-electron chi connectivity index (χ1n) is 9.56. The predicted octanol–water partition coefficient (Wildman–Crippen LogP) is 7.65. The minimum absolute atomic E-state index is 0.0638. The van der Waals surface area contributed by atoms with Gasteiger partial charge in [-0.3, -0.25) is 9.36 Å². The lowest BCUT2D eigenvalue weighted by Crippen LogP contribution is -2.19. The molecule has 0 amide bonds. The fourth-order valence-electron chi connectivity index (χ4n) is 3.16. The van der Waals surface area contributed by atoms with E-state index in [0.717, 1.165) is 6.92 Å². The maximum absolute atomic E-state index is 14.3. The van der Waals surface area contributed by atoms with Gasteiger partial charge < -0.3 is 4.52 Å². The first-order valence-corrected chi connectivity index (χ1v) is 11.6. The van der Waals surface area contributed by atoms with Crippen LogP contribution in [0.4, 0.5) is 26.3 Å². The molecule has 0 radical (unpaired) electrons. The van der Waals surface area contributed by atoms with Crippen LogP contribution in [-0.2, 0) is 26.2 Å². The fourth-order valence-corrected chi connectivity index (χ4v) is 6.00. The number of rotatable bonds is 6. The lowest BCUT2D eigenvalue weighted by atomic mass is 10.0. The van der Waals surface area contributed by atoms with E-state index in [1.165, 1.54) is 32.0 Å². The van der Waals surface area contributed by atoms with Crippen LogP contribution in [0.5, 0.6) is 0 Å². The van der Waals surface area contributed by atoms with Crippen LogP contribution in [-0.4, -0.2) is 12.4 Å². The molecule has 2 rings (SSSR count). The molecule has 0 N–H and O–H groups in total. The first kappa shape index (κ1) is 27.2. The molecule has 0 spiro atoms. The monoisotopic (exact) mass is 512 g/mol. The number of carbonyl (C=O) groups excluding carboxylic acids is 1. The molecule has 2 aromatic rings. The summed E-state index contributed by atoms with van der Waals surface area (Å²) in [5.74, 6) is -0.590. The van der Waals surface area contributed by atoms with E-state index in [4.69, 9.17) is 16.1 Å². The molecule has 0 aromatic heterocycles. The van der Waals surface area contributed by atoms with Crippen molar-refractivity contribution < 1.29 is 40.2 Å². The Morgan fingerprint density at radius 1 is 0.970 bits per heavy atom. The number of Topliss-reactive ketones (excluding diaryl/α,β-unsaturated/α-hetero) is 1. The summed E-state index contributed by atoms with van der Waals surface area (Å²) in [6, 6.07) is 5.01. The molecule has 0 fully saturated rings. The minimum atomic E-state index is -5.15. The van der Waals surface area contributed by atoms with Crippen LogP contribution in [0.15, 0.2) is 42.0 Å². The fraction of sp³-hybridized carbons (Fsp3) is 0.318. The predicted molar refractivity (Wildman–Crippen MR) is 115 cm³/mol. The van der Waals surface area contributed by atoms with E-state index < -0.39 is 41.9 Å². The number of alkyl halides is 6. The summed E-state index contributed by atoms with van der Waals surface area (Å²) in [5.41, 5.74) is -2.86. The molecule has 1 atom stereocenters. The highest BCUT2D eigenvalue weighted by molar-refractivity contribution is 7.77. The average Bonchev–Trinajstić information content (AvgIpc) is 2.69. The molecular formula is C22H20ClF6O3P. The van der Waals surface area contributed by atoms with Crippen molar-refractivity contribution in [2.24, 2.45) is 0 Å². The van der Waals surface area contributed by atoms with Crippen LogP contribution >= 0.6 is 19.0 Å². The smallest absolute Gasteiger partial charge is 0.322 e. The summed E-state index contributed by atoms with van der Waals surface area (Å²) >= 11 is 6.05. The van der Waals surface area contributed by atoms with Gasteiger partial charge in [-0.05, 0) is 69.2 Å². The summed E-state index contributed by atoms with van der Waals surface area (Å²) in [7, 11) is -4.65. The van der Waals surface area contributed by atoms with Crippen molar-refractivity contribution in [1.82, 2.24) is 0 Å². The Bertz CT molecular complexity index is 1120. The average molecular weight is 513 g/mol. The molecule has 0 saturated carbocycles. The van der Waals surface area contributed by atoms with Gasteiger partial charge in [-0.15, -0.1) is 0 Å². The zero-order valence-electron chi connectivity index (χ0n) is 18.0. The third-order valence-corrected chi connectivity index (χ3v) is 7.82. The molecule has 0 saturated heterocycles. The van der Waals surface area contributed by atoms with Crippen molar-refractivity contribution in [2.75, 3.05) is 6.61 Å². The number of hydrogen-bond donors (Lipinski definition) is 0. The second-order valence-electron chi connectivity index (χ2n) is 7.22. The Kier molecular flexibility index (Phi) is 7.94. The van der Waals surface area contributed by atoms with Gasteiger partial charge in [0.05, 0.1) is 23.0 Å². The molecule has 33 heavy (non-hydrogen) atoms. The quantitative estimate of drug-likeness (QED) is 0.227. The second kappa shape index (κ2) is 9.65. The molecule has 3 nitrogen and oxygen atoms in total. The first-order chi connectivity index (χ1) is 15.0. The van der Waals surface area contributed by atoms with E-state index in [0.29, 0.717) is 17.7 Å². The minimum Gasteiger partial charge on any atom is -0.322 e. The largest absolute Gasteiger partial charge is 0.416 e. The van der Waals surface area contributed by atoms with E-state index in [1.807, 2.05) is 0 Å². The van der Waals surface area contributed by atoms with Crippen LogP contribution in [0, 0.1) is 6.92 Å². The number of ketones is 1. The number of aryl methyl sites for hydroxylation is 1. The Hall–Kier alpha value is -2.09. The van der Waals surface area contributed by atoms with Gasteiger partial charge in [0.15, 0.2) is 5.78 Å². The summed E-state index contributed by atoms with van der Waals surface area (Å²) in [6.07, 6.45) is -10.3. The maximum Gasteiger partial charge on any atom is 0.416 e. The lowest BCUT2D eigenvalue weighted by molar-refractivity contribution is -0.143. The van der Waals surface area contributed by atoms with Gasteiger partial charge >= 0.3 is 12.4 Å². The Labute approximate surface area is 191 Å².